The van der Waals surface area contributed by atoms with Crippen LogP contribution in [-0.2, 0) is 13.0 Å². The Hall–Kier alpha value is -2.55. The van der Waals surface area contributed by atoms with Crippen LogP contribution in [0.15, 0.2) is 59.1 Å². The molecule has 2 aliphatic rings. The van der Waals surface area contributed by atoms with E-state index in [-0.39, 0.29) is 0 Å². The molecule has 0 amide bonds. The zero-order valence-electron chi connectivity index (χ0n) is 12.9. The molecule has 0 bridgehead atoms. The van der Waals surface area contributed by atoms with E-state index in [2.05, 4.69) is 64.7 Å². The Balaban J connectivity index is 1.67. The molecular weight excluding hydrogens is 284 g/mol. The molecule has 3 nitrogen and oxygen atoms in total. The first-order valence-electron chi connectivity index (χ1n) is 8.30. The van der Waals surface area contributed by atoms with Crippen LogP contribution < -0.4 is 4.90 Å². The minimum atomic E-state index is 0.384. The second-order valence-corrected chi connectivity index (χ2v) is 6.41. The van der Waals surface area contributed by atoms with Crippen molar-refractivity contribution in [3.63, 3.8) is 0 Å². The van der Waals surface area contributed by atoms with Crippen molar-refractivity contribution in [3.05, 3.63) is 71.5 Å². The van der Waals surface area contributed by atoms with E-state index in [1.54, 1.807) is 0 Å². The quantitative estimate of drug-likeness (QED) is 0.684. The number of rotatable bonds is 2. The average Bonchev–Trinajstić information content (AvgIpc) is 3.05. The van der Waals surface area contributed by atoms with Gasteiger partial charge < -0.3 is 9.42 Å². The minimum Gasteiger partial charge on any atom is -0.360 e. The molecule has 0 N–H and O–H groups in total. The Morgan fingerprint density at radius 2 is 1.87 bits per heavy atom. The highest BCUT2D eigenvalue weighted by atomic mass is 16.5. The van der Waals surface area contributed by atoms with Crippen molar-refractivity contribution >= 4 is 5.69 Å². The van der Waals surface area contributed by atoms with Gasteiger partial charge >= 0.3 is 0 Å². The zero-order chi connectivity index (χ0) is 15.2. The molecule has 23 heavy (non-hydrogen) atoms. The van der Waals surface area contributed by atoms with Crippen LogP contribution in [0.1, 0.15) is 35.8 Å². The summed E-state index contributed by atoms with van der Waals surface area (Å²) < 4.78 is 5.67. The largest absolute Gasteiger partial charge is 0.360 e. The molecule has 2 heterocycles. The Bertz CT molecular complexity index is 853. The second kappa shape index (κ2) is 4.98. The van der Waals surface area contributed by atoms with Crippen molar-refractivity contribution in [3.8, 4) is 11.3 Å². The summed E-state index contributed by atoms with van der Waals surface area (Å²) in [4.78, 5) is 2.53. The number of nitrogens with zero attached hydrogens (tertiary/aromatic N) is 2. The van der Waals surface area contributed by atoms with Gasteiger partial charge in [-0.05, 0) is 24.5 Å². The molecule has 114 valence electrons. The zero-order valence-corrected chi connectivity index (χ0v) is 12.9. The molecule has 0 saturated heterocycles. The van der Waals surface area contributed by atoms with Crippen LogP contribution in [0.5, 0.6) is 0 Å². The third-order valence-electron chi connectivity index (χ3n) is 5.06. The van der Waals surface area contributed by atoms with Gasteiger partial charge in [0.05, 0.1) is 6.04 Å². The molecule has 0 radical (unpaired) electrons. The van der Waals surface area contributed by atoms with Crippen LogP contribution >= 0.6 is 0 Å². The Labute approximate surface area is 135 Å². The molecule has 1 aliphatic heterocycles. The van der Waals surface area contributed by atoms with Gasteiger partial charge in [-0.2, -0.15) is 0 Å². The lowest BCUT2D eigenvalue weighted by molar-refractivity contribution is 0.364. The maximum atomic E-state index is 5.67. The fourth-order valence-corrected chi connectivity index (χ4v) is 4.03. The highest BCUT2D eigenvalue weighted by Crippen LogP contribution is 2.49. The molecule has 0 fully saturated rings. The molecule has 0 spiro atoms. The van der Waals surface area contributed by atoms with Crippen LogP contribution in [0.3, 0.4) is 0 Å². The van der Waals surface area contributed by atoms with Crippen molar-refractivity contribution in [1.29, 1.82) is 0 Å². The topological polar surface area (TPSA) is 29.3 Å². The maximum absolute atomic E-state index is 5.67. The van der Waals surface area contributed by atoms with Gasteiger partial charge in [-0.3, -0.25) is 0 Å². The summed E-state index contributed by atoms with van der Waals surface area (Å²) in [6, 6.07) is 19.7. The maximum Gasteiger partial charge on any atom is 0.142 e. The molecule has 1 aromatic heterocycles. The summed E-state index contributed by atoms with van der Waals surface area (Å²) in [6.45, 7) is 0.923. The van der Waals surface area contributed by atoms with Crippen molar-refractivity contribution < 1.29 is 4.52 Å². The monoisotopic (exact) mass is 302 g/mol. The van der Waals surface area contributed by atoms with E-state index in [9.17, 15) is 0 Å². The molecule has 5 rings (SSSR count). The lowest BCUT2D eigenvalue weighted by Gasteiger charge is -2.40. The van der Waals surface area contributed by atoms with Crippen LogP contribution in [0.4, 0.5) is 5.69 Å². The molecule has 3 aromatic rings. The van der Waals surface area contributed by atoms with E-state index in [4.69, 9.17) is 4.52 Å². The van der Waals surface area contributed by atoms with Gasteiger partial charge in [0.2, 0.25) is 0 Å². The van der Waals surface area contributed by atoms with E-state index < -0.39 is 0 Å². The fraction of sp³-hybridized carbons (Fsp3) is 0.250. The predicted octanol–water partition coefficient (Wildman–Crippen LogP) is 4.74. The first kappa shape index (κ1) is 12.9. The van der Waals surface area contributed by atoms with Gasteiger partial charge in [0, 0.05) is 29.8 Å². The number of para-hydroxylation sites is 1. The summed E-state index contributed by atoms with van der Waals surface area (Å²) in [5, 5.41) is 4.40. The number of aromatic nitrogens is 1. The number of hydrogen-bond donors (Lipinski definition) is 0. The Morgan fingerprint density at radius 3 is 2.78 bits per heavy atom. The van der Waals surface area contributed by atoms with Gasteiger partial charge in [-0.15, -0.1) is 0 Å². The molecule has 3 heteroatoms. The molecule has 1 atom stereocenters. The summed E-state index contributed by atoms with van der Waals surface area (Å²) in [7, 11) is 0. The normalized spacial score (nSPS) is 18.4. The third-order valence-corrected chi connectivity index (χ3v) is 5.06. The first-order chi connectivity index (χ1) is 11.4. The van der Waals surface area contributed by atoms with Crippen LogP contribution in [0.2, 0.25) is 0 Å². The average molecular weight is 302 g/mol. The van der Waals surface area contributed by atoms with E-state index in [1.807, 2.05) is 0 Å². The lowest BCUT2D eigenvalue weighted by Crippen LogP contribution is -2.33. The van der Waals surface area contributed by atoms with Crippen molar-refractivity contribution in [2.75, 3.05) is 4.90 Å². The number of benzene rings is 2. The third kappa shape index (κ3) is 1.93. The van der Waals surface area contributed by atoms with E-state index in [1.165, 1.54) is 35.2 Å². The van der Waals surface area contributed by atoms with Gasteiger partial charge in [0.1, 0.15) is 11.5 Å². The highest BCUT2D eigenvalue weighted by Gasteiger charge is 2.38. The molecular formula is C20H18N2O. The SMILES string of the molecule is c1ccc(CN2c3ccccc3-c3noc4c3C2CCC4)cc1. The number of hydrogen-bond acceptors (Lipinski definition) is 3. The standard InChI is InChI=1S/C20H18N2O/c1-2-7-14(8-3-1)13-22-16-10-5-4-9-15(16)20-19-17(22)11-6-12-18(19)23-21-20/h1-5,7-10,17H,6,11-13H2. The number of fused-ring (bicyclic) bond motifs is 2. The number of anilines is 1. The number of aryl methyl sites for hydroxylation is 1. The highest BCUT2D eigenvalue weighted by molar-refractivity contribution is 5.83. The second-order valence-electron chi connectivity index (χ2n) is 6.41. The lowest BCUT2D eigenvalue weighted by atomic mass is 9.84. The van der Waals surface area contributed by atoms with Crippen molar-refractivity contribution in [2.24, 2.45) is 0 Å². The molecule has 0 saturated carbocycles. The van der Waals surface area contributed by atoms with Gasteiger partial charge in [-0.1, -0.05) is 53.7 Å². The minimum absolute atomic E-state index is 0.384. The van der Waals surface area contributed by atoms with Crippen molar-refractivity contribution in [1.82, 2.24) is 5.16 Å². The molecule has 1 unspecified atom stereocenters. The van der Waals surface area contributed by atoms with E-state index >= 15 is 0 Å². The Morgan fingerprint density at radius 1 is 1.04 bits per heavy atom. The first-order valence-corrected chi connectivity index (χ1v) is 8.30. The van der Waals surface area contributed by atoms with Gasteiger partial charge in [-0.25, -0.2) is 0 Å². The summed E-state index contributed by atoms with van der Waals surface area (Å²) in [6.07, 6.45) is 3.35. The molecule has 1 aliphatic carbocycles. The van der Waals surface area contributed by atoms with E-state index in [0.717, 1.165) is 24.4 Å². The summed E-state index contributed by atoms with van der Waals surface area (Å²) in [5.41, 5.74) is 6.20. The van der Waals surface area contributed by atoms with Crippen LogP contribution in [0.25, 0.3) is 11.3 Å². The van der Waals surface area contributed by atoms with E-state index in [0.29, 0.717) is 6.04 Å². The molecule has 2 aromatic carbocycles. The predicted molar refractivity (Wildman–Crippen MR) is 90.2 cm³/mol. The smallest absolute Gasteiger partial charge is 0.142 e. The van der Waals surface area contributed by atoms with Crippen LogP contribution in [0, 0.1) is 0 Å². The summed E-state index contributed by atoms with van der Waals surface area (Å²) in [5.74, 6) is 1.09. The summed E-state index contributed by atoms with van der Waals surface area (Å²) >= 11 is 0. The van der Waals surface area contributed by atoms with Gasteiger partial charge in [0.15, 0.2) is 0 Å². The van der Waals surface area contributed by atoms with Crippen molar-refractivity contribution in [2.45, 2.75) is 31.8 Å². The van der Waals surface area contributed by atoms with Crippen LogP contribution in [-0.4, -0.2) is 5.16 Å². The fourth-order valence-electron chi connectivity index (χ4n) is 4.03. The Kier molecular flexibility index (Phi) is 2.80. The van der Waals surface area contributed by atoms with Gasteiger partial charge in [0.25, 0.3) is 0 Å².